The predicted molar refractivity (Wildman–Crippen MR) is 110 cm³/mol. The molecule has 0 saturated carbocycles. The van der Waals surface area contributed by atoms with Crippen LogP contribution in [0.2, 0.25) is 0 Å². The van der Waals surface area contributed by atoms with E-state index in [0.717, 1.165) is 38.1 Å². The van der Waals surface area contributed by atoms with Gasteiger partial charge in [-0.05, 0) is 86.0 Å². The molecule has 1 aliphatic carbocycles. The second kappa shape index (κ2) is 8.57. The molecule has 146 valence electrons. The predicted octanol–water partition coefficient (Wildman–Crippen LogP) is 3.84. The first kappa shape index (κ1) is 18.7. The molecule has 0 radical (unpaired) electrons. The van der Waals surface area contributed by atoms with Crippen LogP contribution in [0.25, 0.3) is 10.9 Å². The molecule has 5 nitrogen and oxygen atoms in total. The zero-order chi connectivity index (χ0) is 19.3. The van der Waals surface area contributed by atoms with Crippen molar-refractivity contribution in [3.05, 3.63) is 69.9 Å². The first-order chi connectivity index (χ1) is 13.8. The van der Waals surface area contributed by atoms with Gasteiger partial charge in [-0.1, -0.05) is 18.2 Å². The summed E-state index contributed by atoms with van der Waals surface area (Å²) in [5.74, 6) is 1.64. The highest BCUT2D eigenvalue weighted by atomic mass is 16.5. The first-order valence-electron chi connectivity index (χ1n) is 9.99. The van der Waals surface area contributed by atoms with Crippen LogP contribution in [0.5, 0.6) is 5.75 Å². The average Bonchev–Trinajstić information content (AvgIpc) is 2.73. The van der Waals surface area contributed by atoms with Gasteiger partial charge in [-0.25, -0.2) is 9.78 Å². The molecule has 0 amide bonds. The van der Waals surface area contributed by atoms with E-state index < -0.39 is 0 Å². The summed E-state index contributed by atoms with van der Waals surface area (Å²) in [6.45, 7) is 1.90. The highest BCUT2D eigenvalue weighted by Crippen LogP contribution is 2.38. The molecular formula is C23H26N2O3. The molecule has 3 aromatic rings. The van der Waals surface area contributed by atoms with Crippen molar-refractivity contribution in [1.29, 1.82) is 0 Å². The van der Waals surface area contributed by atoms with Crippen molar-refractivity contribution in [1.82, 2.24) is 10.3 Å². The van der Waals surface area contributed by atoms with Gasteiger partial charge in [0.25, 0.3) is 0 Å². The molecule has 1 heterocycles. The zero-order valence-electron chi connectivity index (χ0n) is 16.2. The quantitative estimate of drug-likeness (QED) is 0.633. The summed E-state index contributed by atoms with van der Waals surface area (Å²) < 4.78 is 10.3. The smallest absolute Gasteiger partial charge is 0.346 e. The lowest BCUT2D eigenvalue weighted by molar-refractivity contribution is 0.401. The highest BCUT2D eigenvalue weighted by molar-refractivity contribution is 5.77. The molecule has 0 aliphatic heterocycles. The highest BCUT2D eigenvalue weighted by Gasteiger charge is 2.22. The van der Waals surface area contributed by atoms with Gasteiger partial charge in [-0.3, -0.25) is 0 Å². The molecule has 4 rings (SSSR count). The number of hydrogen-bond acceptors (Lipinski definition) is 5. The van der Waals surface area contributed by atoms with E-state index in [1.165, 1.54) is 35.9 Å². The lowest BCUT2D eigenvalue weighted by atomic mass is 9.80. The lowest BCUT2D eigenvalue weighted by Gasteiger charge is -2.27. The van der Waals surface area contributed by atoms with Gasteiger partial charge < -0.3 is 14.5 Å². The maximum atomic E-state index is 11.6. The molecule has 0 bridgehead atoms. The third kappa shape index (κ3) is 3.94. The fraction of sp³-hybridized carbons (Fsp3) is 0.391. The summed E-state index contributed by atoms with van der Waals surface area (Å²) >= 11 is 0. The van der Waals surface area contributed by atoms with Crippen molar-refractivity contribution in [3.63, 3.8) is 0 Å². The minimum atomic E-state index is -0.334. The van der Waals surface area contributed by atoms with Crippen molar-refractivity contribution in [2.45, 2.75) is 38.0 Å². The van der Waals surface area contributed by atoms with Crippen LogP contribution in [0.4, 0.5) is 0 Å². The monoisotopic (exact) mass is 378 g/mol. The number of aromatic nitrogens is 1. The Balaban J connectivity index is 1.30. The number of hydrogen-bond donors (Lipinski definition) is 1. The fourth-order valence-electron chi connectivity index (χ4n) is 4.25. The van der Waals surface area contributed by atoms with Gasteiger partial charge in [0.15, 0.2) is 6.39 Å². The van der Waals surface area contributed by atoms with E-state index in [0.29, 0.717) is 16.8 Å². The van der Waals surface area contributed by atoms with E-state index in [4.69, 9.17) is 9.15 Å². The number of methoxy groups -OCH3 is 1. The van der Waals surface area contributed by atoms with Crippen molar-refractivity contribution in [2.75, 3.05) is 20.2 Å². The van der Waals surface area contributed by atoms with Crippen molar-refractivity contribution in [2.24, 2.45) is 0 Å². The number of benzene rings is 2. The molecule has 0 saturated heterocycles. The molecule has 0 fully saturated rings. The number of nitrogens with zero attached hydrogens (tertiary/aromatic N) is 1. The number of fused-ring (bicyclic) bond motifs is 2. The third-order valence-electron chi connectivity index (χ3n) is 5.70. The minimum absolute atomic E-state index is 0.334. The Labute approximate surface area is 164 Å². The Hall–Kier alpha value is -2.66. The van der Waals surface area contributed by atoms with Crippen LogP contribution in [-0.2, 0) is 12.8 Å². The van der Waals surface area contributed by atoms with Gasteiger partial charge in [0.1, 0.15) is 5.75 Å². The molecule has 1 aromatic heterocycles. The standard InChI is InChI=1S/C23H26N2O3/c1-27-22-7-3-5-18-17(4-2-6-19(18)22)11-13-24-12-10-16-8-9-20-21(14-16)25-15-28-23(20)26/h3,5,7-9,14-15,17,24H,2,4,6,10-13H2,1H3. The second-order valence-corrected chi connectivity index (χ2v) is 7.40. The van der Waals surface area contributed by atoms with Crippen LogP contribution in [0.15, 0.2) is 52.0 Å². The maximum Gasteiger partial charge on any atom is 0.346 e. The van der Waals surface area contributed by atoms with Crippen molar-refractivity contribution < 1.29 is 9.15 Å². The van der Waals surface area contributed by atoms with E-state index in [-0.39, 0.29) is 5.63 Å². The summed E-state index contributed by atoms with van der Waals surface area (Å²) in [5.41, 5.74) is 4.40. The van der Waals surface area contributed by atoms with Crippen LogP contribution in [0.1, 0.15) is 41.9 Å². The Morgan fingerprint density at radius 3 is 3.07 bits per heavy atom. The molecule has 1 atom stereocenters. The van der Waals surface area contributed by atoms with Gasteiger partial charge in [0.05, 0.1) is 18.0 Å². The van der Waals surface area contributed by atoms with Crippen molar-refractivity contribution in [3.8, 4) is 5.75 Å². The molecule has 0 spiro atoms. The number of nitrogens with one attached hydrogen (secondary N) is 1. The molecule has 28 heavy (non-hydrogen) atoms. The van der Waals surface area contributed by atoms with E-state index in [1.54, 1.807) is 13.2 Å². The molecule has 1 aliphatic rings. The summed E-state index contributed by atoms with van der Waals surface area (Å²) in [4.78, 5) is 15.8. The van der Waals surface area contributed by atoms with Gasteiger partial charge in [0.2, 0.25) is 0 Å². The number of rotatable bonds is 7. The van der Waals surface area contributed by atoms with E-state index in [2.05, 4.69) is 28.5 Å². The van der Waals surface area contributed by atoms with Crippen LogP contribution >= 0.6 is 0 Å². The summed E-state index contributed by atoms with van der Waals surface area (Å²) in [5, 5.41) is 4.10. The van der Waals surface area contributed by atoms with Gasteiger partial charge in [0, 0.05) is 0 Å². The second-order valence-electron chi connectivity index (χ2n) is 7.40. The number of ether oxygens (including phenoxy) is 1. The normalized spacial score (nSPS) is 16.1. The zero-order valence-corrected chi connectivity index (χ0v) is 16.2. The summed E-state index contributed by atoms with van der Waals surface area (Å²) in [6, 6.07) is 12.2. The van der Waals surface area contributed by atoms with Crippen LogP contribution in [0.3, 0.4) is 0 Å². The molecule has 5 heteroatoms. The summed E-state index contributed by atoms with van der Waals surface area (Å²) in [7, 11) is 1.76. The Morgan fingerprint density at radius 2 is 2.18 bits per heavy atom. The molecule has 1 unspecified atom stereocenters. The van der Waals surface area contributed by atoms with Gasteiger partial charge in [-0.2, -0.15) is 0 Å². The molecular weight excluding hydrogens is 352 g/mol. The van der Waals surface area contributed by atoms with Crippen LogP contribution in [0, 0.1) is 0 Å². The Morgan fingerprint density at radius 1 is 1.25 bits per heavy atom. The third-order valence-corrected chi connectivity index (χ3v) is 5.70. The van der Waals surface area contributed by atoms with Gasteiger partial charge in [-0.15, -0.1) is 0 Å². The molecule has 2 aromatic carbocycles. The fourth-order valence-corrected chi connectivity index (χ4v) is 4.25. The SMILES string of the molecule is COc1cccc2c1CCCC2CCNCCc1ccc2c(=O)ocnc2c1. The first-order valence-corrected chi connectivity index (χ1v) is 9.99. The van der Waals surface area contributed by atoms with Crippen LogP contribution in [-0.4, -0.2) is 25.2 Å². The van der Waals surface area contributed by atoms with Gasteiger partial charge >= 0.3 is 5.63 Å². The average molecular weight is 378 g/mol. The van der Waals surface area contributed by atoms with E-state index in [9.17, 15) is 4.79 Å². The van der Waals surface area contributed by atoms with Crippen molar-refractivity contribution >= 4 is 10.9 Å². The van der Waals surface area contributed by atoms with Crippen LogP contribution < -0.4 is 15.7 Å². The summed E-state index contributed by atoms with van der Waals surface area (Å²) in [6.07, 6.45) is 6.87. The Kier molecular flexibility index (Phi) is 5.72. The lowest BCUT2D eigenvalue weighted by Crippen LogP contribution is -2.22. The van der Waals surface area contributed by atoms with E-state index >= 15 is 0 Å². The topological polar surface area (TPSA) is 64.4 Å². The largest absolute Gasteiger partial charge is 0.496 e. The minimum Gasteiger partial charge on any atom is -0.496 e. The molecule has 1 N–H and O–H groups in total. The maximum absolute atomic E-state index is 11.6. The van der Waals surface area contributed by atoms with E-state index in [1.807, 2.05) is 12.1 Å². The Bertz CT molecular complexity index is 1010.